The van der Waals surface area contributed by atoms with E-state index in [1.807, 2.05) is 24.3 Å². The van der Waals surface area contributed by atoms with Crippen LogP contribution in [0.1, 0.15) is 12.0 Å². The molecule has 5 heteroatoms. The maximum atomic E-state index is 5.64. The molecule has 0 unspecified atom stereocenters. The van der Waals surface area contributed by atoms with E-state index in [-0.39, 0.29) is 12.4 Å². The fourth-order valence-electron chi connectivity index (χ4n) is 2.34. The Bertz CT molecular complexity index is 590. The van der Waals surface area contributed by atoms with Crippen molar-refractivity contribution in [3.05, 3.63) is 66.2 Å². The maximum absolute atomic E-state index is 5.64. The van der Waals surface area contributed by atoms with Crippen LogP contribution in [0.2, 0.25) is 0 Å². The van der Waals surface area contributed by atoms with Crippen molar-refractivity contribution in [2.24, 2.45) is 0 Å². The van der Waals surface area contributed by atoms with Crippen molar-refractivity contribution in [3.63, 3.8) is 0 Å². The Balaban J connectivity index is 0.00000288. The zero-order chi connectivity index (χ0) is 16.5. The molecule has 130 valence electrons. The lowest BCUT2D eigenvalue weighted by atomic mass is 10.2. The zero-order valence-electron chi connectivity index (χ0n) is 14.3. The predicted molar refractivity (Wildman–Crippen MR) is 110 cm³/mol. The molecule has 24 heavy (non-hydrogen) atoms. The van der Waals surface area contributed by atoms with Crippen LogP contribution in [0.25, 0.3) is 0 Å². The lowest BCUT2D eigenvalue weighted by Gasteiger charge is -2.26. The van der Waals surface area contributed by atoms with Crippen molar-refractivity contribution in [3.8, 4) is 0 Å². The molecule has 0 spiro atoms. The van der Waals surface area contributed by atoms with Crippen LogP contribution < -0.4 is 10.2 Å². The number of anilines is 1. The van der Waals surface area contributed by atoms with Gasteiger partial charge in [-0.2, -0.15) is 0 Å². The van der Waals surface area contributed by atoms with E-state index >= 15 is 0 Å². The maximum Gasteiger partial charge on any atom is 0.173 e. The Labute approximate surface area is 157 Å². The number of halogens is 1. The zero-order valence-corrected chi connectivity index (χ0v) is 15.9. The first-order valence-electron chi connectivity index (χ1n) is 7.96. The number of thiocarbonyl (C=S) groups is 1. The van der Waals surface area contributed by atoms with Crippen LogP contribution in [-0.2, 0) is 6.54 Å². The Morgan fingerprint density at radius 1 is 0.958 bits per heavy atom. The van der Waals surface area contributed by atoms with Gasteiger partial charge >= 0.3 is 0 Å². The molecule has 0 amide bonds. The molecule has 0 atom stereocenters. The summed E-state index contributed by atoms with van der Waals surface area (Å²) >= 11 is 5.64. The van der Waals surface area contributed by atoms with Gasteiger partial charge in [-0.1, -0.05) is 48.5 Å². The summed E-state index contributed by atoms with van der Waals surface area (Å²) in [6, 6.07) is 20.7. The van der Waals surface area contributed by atoms with Gasteiger partial charge in [0.1, 0.15) is 0 Å². The lowest BCUT2D eigenvalue weighted by Crippen LogP contribution is -2.40. The molecule has 0 aliphatic carbocycles. The van der Waals surface area contributed by atoms with Gasteiger partial charge in [0.25, 0.3) is 0 Å². The van der Waals surface area contributed by atoms with Gasteiger partial charge in [0.15, 0.2) is 5.11 Å². The Morgan fingerprint density at radius 2 is 1.54 bits per heavy atom. The van der Waals surface area contributed by atoms with Crippen LogP contribution in [0.5, 0.6) is 0 Å². The smallest absolute Gasteiger partial charge is 0.173 e. The summed E-state index contributed by atoms with van der Waals surface area (Å²) in [4.78, 5) is 4.34. The highest BCUT2D eigenvalue weighted by Gasteiger charge is 2.12. The number of hydrogen-bond acceptors (Lipinski definition) is 2. The van der Waals surface area contributed by atoms with E-state index in [1.54, 1.807) is 0 Å². The van der Waals surface area contributed by atoms with E-state index < -0.39 is 0 Å². The number of nitrogens with zero attached hydrogens (tertiary/aromatic N) is 2. The molecule has 0 heterocycles. The van der Waals surface area contributed by atoms with Crippen molar-refractivity contribution in [2.75, 3.05) is 32.1 Å². The van der Waals surface area contributed by atoms with Crippen LogP contribution in [0, 0.1) is 0 Å². The molecule has 0 saturated carbocycles. The molecule has 0 saturated heterocycles. The average Bonchev–Trinajstić information content (AvgIpc) is 2.58. The minimum atomic E-state index is 0. The second-order valence-corrected chi connectivity index (χ2v) is 6.18. The number of para-hydroxylation sites is 1. The van der Waals surface area contributed by atoms with Gasteiger partial charge in [0, 0.05) is 12.2 Å². The molecule has 1 N–H and O–H groups in total. The summed E-state index contributed by atoms with van der Waals surface area (Å²) in [7, 11) is 4.17. The molecule has 2 aromatic carbocycles. The van der Waals surface area contributed by atoms with Gasteiger partial charge in [-0.15, -0.1) is 12.4 Å². The summed E-state index contributed by atoms with van der Waals surface area (Å²) in [5.74, 6) is 0. The molecule has 0 aromatic heterocycles. The van der Waals surface area contributed by atoms with Crippen molar-refractivity contribution in [2.45, 2.75) is 13.0 Å². The van der Waals surface area contributed by atoms with E-state index in [9.17, 15) is 0 Å². The third-order valence-corrected chi connectivity index (χ3v) is 3.92. The van der Waals surface area contributed by atoms with E-state index in [4.69, 9.17) is 12.2 Å². The molecule has 2 rings (SSSR count). The molecule has 2 aromatic rings. The van der Waals surface area contributed by atoms with Crippen LogP contribution >= 0.6 is 24.6 Å². The predicted octanol–water partition coefficient (Wildman–Crippen LogP) is 3.94. The highest BCUT2D eigenvalue weighted by molar-refractivity contribution is 7.80. The molecule has 0 bridgehead atoms. The fourth-order valence-corrected chi connectivity index (χ4v) is 2.61. The standard InChI is InChI=1S/C19H25N3S.ClH/c1-21(2)15-9-14-20-19(23)22(18-12-7-4-8-13-18)16-17-10-5-3-6-11-17;/h3-8,10-13H,9,14-16H2,1-2H3,(H,20,23);1H. The first-order valence-corrected chi connectivity index (χ1v) is 8.36. The molecular formula is C19H26ClN3S. The highest BCUT2D eigenvalue weighted by atomic mass is 35.5. The third kappa shape index (κ3) is 6.87. The van der Waals surface area contributed by atoms with E-state index in [2.05, 4.69) is 65.6 Å². The van der Waals surface area contributed by atoms with E-state index in [1.165, 1.54) is 5.56 Å². The van der Waals surface area contributed by atoms with Crippen molar-refractivity contribution >= 4 is 35.4 Å². The fraction of sp³-hybridized carbons (Fsp3) is 0.316. The molecule has 0 radical (unpaired) electrons. The quantitative estimate of drug-likeness (QED) is 0.593. The van der Waals surface area contributed by atoms with E-state index in [0.717, 1.165) is 36.9 Å². The number of nitrogens with one attached hydrogen (secondary N) is 1. The molecule has 0 fully saturated rings. The van der Waals surface area contributed by atoms with Gasteiger partial charge in [-0.25, -0.2) is 0 Å². The van der Waals surface area contributed by atoms with E-state index in [0.29, 0.717) is 0 Å². The minimum absolute atomic E-state index is 0. The number of hydrogen-bond donors (Lipinski definition) is 1. The molecule has 0 aliphatic heterocycles. The second kappa shape index (κ2) is 11.0. The Hall–Kier alpha value is -1.62. The van der Waals surface area contributed by atoms with Crippen LogP contribution in [0.3, 0.4) is 0 Å². The summed E-state index contributed by atoms with van der Waals surface area (Å²) < 4.78 is 0. The lowest BCUT2D eigenvalue weighted by molar-refractivity contribution is 0.400. The van der Waals surface area contributed by atoms with Gasteiger partial charge in [0.05, 0.1) is 6.54 Å². The van der Waals surface area contributed by atoms with Crippen molar-refractivity contribution in [1.29, 1.82) is 0 Å². The van der Waals surface area contributed by atoms with Crippen LogP contribution in [0.4, 0.5) is 5.69 Å². The monoisotopic (exact) mass is 363 g/mol. The van der Waals surface area contributed by atoms with Crippen molar-refractivity contribution in [1.82, 2.24) is 10.2 Å². The summed E-state index contributed by atoms with van der Waals surface area (Å²) in [5, 5.41) is 4.16. The molecular weight excluding hydrogens is 338 g/mol. The van der Waals surface area contributed by atoms with Crippen LogP contribution in [0.15, 0.2) is 60.7 Å². The third-order valence-electron chi connectivity index (χ3n) is 3.55. The van der Waals surface area contributed by atoms with Crippen LogP contribution in [-0.4, -0.2) is 37.2 Å². The largest absolute Gasteiger partial charge is 0.362 e. The summed E-state index contributed by atoms with van der Waals surface area (Å²) in [5.41, 5.74) is 2.36. The normalized spacial score (nSPS) is 10.1. The highest BCUT2D eigenvalue weighted by Crippen LogP contribution is 2.17. The molecule has 3 nitrogen and oxygen atoms in total. The summed E-state index contributed by atoms with van der Waals surface area (Å²) in [6.07, 6.45) is 1.07. The molecule has 0 aliphatic rings. The Kier molecular flexibility index (Phi) is 9.38. The number of benzene rings is 2. The Morgan fingerprint density at radius 3 is 2.12 bits per heavy atom. The van der Waals surface area contributed by atoms with Crippen molar-refractivity contribution < 1.29 is 0 Å². The van der Waals surface area contributed by atoms with Gasteiger partial charge < -0.3 is 15.1 Å². The SMILES string of the molecule is CN(C)CCCNC(=S)N(Cc1ccccc1)c1ccccc1.Cl. The average molecular weight is 364 g/mol. The minimum Gasteiger partial charge on any atom is -0.362 e. The van der Waals surface area contributed by atoms with Gasteiger partial charge in [-0.05, 0) is 57.0 Å². The first kappa shape index (κ1) is 20.4. The van der Waals surface area contributed by atoms with Gasteiger partial charge in [0.2, 0.25) is 0 Å². The summed E-state index contributed by atoms with van der Waals surface area (Å²) in [6.45, 7) is 2.71. The topological polar surface area (TPSA) is 18.5 Å². The first-order chi connectivity index (χ1) is 11.2. The van der Waals surface area contributed by atoms with Gasteiger partial charge in [-0.3, -0.25) is 0 Å². The second-order valence-electron chi connectivity index (χ2n) is 5.80. The number of rotatable bonds is 7.